The highest BCUT2D eigenvalue weighted by Gasteiger charge is 2.40. The minimum atomic E-state index is -0.808. The fourth-order valence-electron chi connectivity index (χ4n) is 3.43. The molecule has 0 saturated heterocycles. The Kier molecular flexibility index (Phi) is 3.07. The first-order chi connectivity index (χ1) is 9.08. The number of hydrogen-bond acceptors (Lipinski definition) is 3. The number of nitrogens with two attached hydrogens (primary N) is 2. The van der Waals surface area contributed by atoms with Crippen molar-refractivity contribution in [3.8, 4) is 0 Å². The van der Waals surface area contributed by atoms with E-state index in [0.717, 1.165) is 32.4 Å². The van der Waals surface area contributed by atoms with Crippen LogP contribution in [0.15, 0.2) is 24.3 Å². The summed E-state index contributed by atoms with van der Waals surface area (Å²) >= 11 is 0. The number of amides is 1. The van der Waals surface area contributed by atoms with Crippen molar-refractivity contribution in [2.24, 2.45) is 11.5 Å². The Balaban J connectivity index is 1.73. The van der Waals surface area contributed by atoms with Crippen LogP contribution in [0, 0.1) is 0 Å². The van der Waals surface area contributed by atoms with Crippen LogP contribution in [0.4, 0.5) is 0 Å². The molecule has 1 amide bonds. The topological polar surface area (TPSA) is 72.3 Å². The van der Waals surface area contributed by atoms with E-state index < -0.39 is 5.54 Å². The summed E-state index contributed by atoms with van der Waals surface area (Å²) in [6.07, 6.45) is 3.51. The second-order valence-electron chi connectivity index (χ2n) is 5.94. The summed E-state index contributed by atoms with van der Waals surface area (Å²) < 4.78 is 0. The van der Waals surface area contributed by atoms with Crippen molar-refractivity contribution in [2.45, 2.75) is 50.4 Å². The molecular formula is C15H21N3O. The minimum Gasteiger partial charge on any atom is -0.368 e. The highest BCUT2D eigenvalue weighted by Crippen LogP contribution is 2.34. The summed E-state index contributed by atoms with van der Waals surface area (Å²) in [6, 6.07) is 8.91. The maximum absolute atomic E-state index is 11.5. The third-order valence-electron chi connectivity index (χ3n) is 4.63. The van der Waals surface area contributed by atoms with Crippen LogP contribution in [-0.4, -0.2) is 22.4 Å². The summed E-state index contributed by atoms with van der Waals surface area (Å²) in [4.78, 5) is 14.0. The van der Waals surface area contributed by atoms with Gasteiger partial charge in [0.2, 0.25) is 5.91 Å². The number of fused-ring (bicyclic) bond motifs is 1. The fraction of sp³-hybridized carbons (Fsp3) is 0.533. The van der Waals surface area contributed by atoms with Gasteiger partial charge in [0.1, 0.15) is 0 Å². The Labute approximate surface area is 113 Å². The lowest BCUT2D eigenvalue weighted by Gasteiger charge is -2.39. The van der Waals surface area contributed by atoms with Crippen LogP contribution >= 0.6 is 0 Å². The number of benzene rings is 1. The van der Waals surface area contributed by atoms with Crippen molar-refractivity contribution in [1.82, 2.24) is 4.90 Å². The quantitative estimate of drug-likeness (QED) is 0.836. The zero-order valence-corrected chi connectivity index (χ0v) is 11.1. The lowest BCUT2D eigenvalue weighted by molar-refractivity contribution is -0.125. The van der Waals surface area contributed by atoms with E-state index in [0.29, 0.717) is 12.5 Å². The van der Waals surface area contributed by atoms with Gasteiger partial charge in [0.05, 0.1) is 5.54 Å². The van der Waals surface area contributed by atoms with E-state index in [4.69, 9.17) is 11.5 Å². The third kappa shape index (κ3) is 2.26. The molecule has 3 rings (SSSR count). The summed E-state index contributed by atoms with van der Waals surface area (Å²) in [7, 11) is 0. The molecule has 2 unspecified atom stereocenters. The fourth-order valence-corrected chi connectivity index (χ4v) is 3.43. The molecule has 1 saturated carbocycles. The molecule has 0 aromatic heterocycles. The Morgan fingerprint density at radius 3 is 2.47 bits per heavy atom. The van der Waals surface area contributed by atoms with Gasteiger partial charge in [0, 0.05) is 19.1 Å². The molecule has 102 valence electrons. The van der Waals surface area contributed by atoms with Crippen molar-refractivity contribution in [3.05, 3.63) is 35.4 Å². The van der Waals surface area contributed by atoms with Crippen molar-refractivity contribution in [2.75, 3.05) is 0 Å². The average molecular weight is 259 g/mol. The molecule has 0 spiro atoms. The van der Waals surface area contributed by atoms with Crippen molar-refractivity contribution in [3.63, 3.8) is 0 Å². The molecule has 2 aliphatic rings. The molecule has 4 nitrogen and oxygen atoms in total. The maximum Gasteiger partial charge on any atom is 0.237 e. The molecule has 0 radical (unpaired) electrons. The molecule has 4 N–H and O–H groups in total. The van der Waals surface area contributed by atoms with Gasteiger partial charge < -0.3 is 11.5 Å². The molecule has 1 aromatic rings. The van der Waals surface area contributed by atoms with E-state index in [1.807, 2.05) is 0 Å². The Morgan fingerprint density at radius 2 is 1.89 bits per heavy atom. The number of rotatable bonds is 2. The largest absolute Gasteiger partial charge is 0.368 e. The molecule has 0 bridgehead atoms. The predicted molar refractivity (Wildman–Crippen MR) is 74.1 cm³/mol. The Morgan fingerprint density at radius 1 is 1.26 bits per heavy atom. The van der Waals surface area contributed by atoms with Gasteiger partial charge in [0.25, 0.3) is 0 Å². The number of hydrogen-bond donors (Lipinski definition) is 2. The van der Waals surface area contributed by atoms with Gasteiger partial charge >= 0.3 is 0 Å². The van der Waals surface area contributed by atoms with Crippen molar-refractivity contribution >= 4 is 5.91 Å². The van der Waals surface area contributed by atoms with E-state index in [2.05, 4.69) is 29.2 Å². The van der Waals surface area contributed by atoms with Gasteiger partial charge in [-0.25, -0.2) is 0 Å². The SMILES string of the molecule is NC(=O)C1(N)CCCC(N2Cc3ccccc3C2)C1. The van der Waals surface area contributed by atoms with Crippen molar-refractivity contribution < 1.29 is 4.79 Å². The third-order valence-corrected chi connectivity index (χ3v) is 4.63. The molecule has 1 aromatic carbocycles. The monoisotopic (exact) mass is 259 g/mol. The van der Waals surface area contributed by atoms with E-state index in [1.54, 1.807) is 0 Å². The van der Waals surface area contributed by atoms with Gasteiger partial charge in [0.15, 0.2) is 0 Å². The predicted octanol–water partition coefficient (Wildman–Crippen LogP) is 1.13. The van der Waals surface area contributed by atoms with Crippen LogP contribution in [0.25, 0.3) is 0 Å². The second kappa shape index (κ2) is 4.62. The number of primary amides is 1. The molecular weight excluding hydrogens is 238 g/mol. The highest BCUT2D eigenvalue weighted by atomic mass is 16.1. The molecule has 1 aliphatic carbocycles. The summed E-state index contributed by atoms with van der Waals surface area (Å²) in [5.41, 5.74) is 13.6. The molecule has 4 heteroatoms. The van der Waals surface area contributed by atoms with E-state index >= 15 is 0 Å². The van der Waals surface area contributed by atoms with Gasteiger partial charge in [-0.2, -0.15) is 0 Å². The van der Waals surface area contributed by atoms with E-state index in [9.17, 15) is 4.79 Å². The van der Waals surface area contributed by atoms with E-state index in [1.165, 1.54) is 11.1 Å². The second-order valence-corrected chi connectivity index (χ2v) is 5.94. The first-order valence-corrected chi connectivity index (χ1v) is 6.98. The molecule has 1 heterocycles. The standard InChI is InChI=1S/C15H21N3O/c16-14(19)15(17)7-3-6-13(8-15)18-9-11-4-1-2-5-12(11)10-18/h1-2,4-5,13H,3,6-10,17H2,(H2,16,19). The van der Waals surface area contributed by atoms with Crippen LogP contribution in [0.3, 0.4) is 0 Å². The lowest BCUT2D eigenvalue weighted by Crippen LogP contribution is -2.57. The van der Waals surface area contributed by atoms with Crippen molar-refractivity contribution in [1.29, 1.82) is 0 Å². The lowest BCUT2D eigenvalue weighted by atomic mass is 9.78. The zero-order valence-electron chi connectivity index (χ0n) is 11.1. The molecule has 19 heavy (non-hydrogen) atoms. The normalized spacial score (nSPS) is 31.1. The van der Waals surface area contributed by atoms with Crippen LogP contribution in [0.1, 0.15) is 36.8 Å². The summed E-state index contributed by atoms with van der Waals surface area (Å²) in [6.45, 7) is 1.94. The Hall–Kier alpha value is -1.39. The first-order valence-electron chi connectivity index (χ1n) is 6.98. The smallest absolute Gasteiger partial charge is 0.237 e. The number of nitrogens with zero attached hydrogens (tertiary/aromatic N) is 1. The van der Waals surface area contributed by atoms with Crippen LogP contribution in [-0.2, 0) is 17.9 Å². The number of carbonyl (C=O) groups excluding carboxylic acids is 1. The zero-order chi connectivity index (χ0) is 13.5. The minimum absolute atomic E-state index is 0.353. The molecule has 1 fully saturated rings. The summed E-state index contributed by atoms with van der Waals surface area (Å²) in [5, 5.41) is 0. The molecule has 1 aliphatic heterocycles. The van der Waals surface area contributed by atoms with E-state index in [-0.39, 0.29) is 5.91 Å². The van der Waals surface area contributed by atoms with Crippen LogP contribution in [0.2, 0.25) is 0 Å². The average Bonchev–Trinajstić information content (AvgIpc) is 2.82. The van der Waals surface area contributed by atoms with Gasteiger partial charge in [-0.15, -0.1) is 0 Å². The Bertz CT molecular complexity index is 477. The van der Waals surface area contributed by atoms with Crippen LogP contribution < -0.4 is 11.5 Å². The van der Waals surface area contributed by atoms with Gasteiger partial charge in [-0.1, -0.05) is 24.3 Å². The maximum atomic E-state index is 11.5. The van der Waals surface area contributed by atoms with Crippen LogP contribution in [0.5, 0.6) is 0 Å². The first kappa shape index (κ1) is 12.6. The summed E-state index contributed by atoms with van der Waals surface area (Å²) in [5.74, 6) is -0.353. The van der Waals surface area contributed by atoms with Gasteiger partial charge in [-0.3, -0.25) is 9.69 Å². The molecule has 2 atom stereocenters. The van der Waals surface area contributed by atoms with Gasteiger partial charge in [-0.05, 0) is 36.8 Å². The highest BCUT2D eigenvalue weighted by molar-refractivity contribution is 5.84. The number of carbonyl (C=O) groups is 1.